The maximum atomic E-state index is 14.2. The summed E-state index contributed by atoms with van der Waals surface area (Å²) >= 11 is 0. The molecule has 10 heteroatoms. The molecule has 2 saturated heterocycles. The highest BCUT2D eigenvalue weighted by Gasteiger charge is 2.54. The van der Waals surface area contributed by atoms with Crippen LogP contribution in [0.15, 0.2) is 91.0 Å². The van der Waals surface area contributed by atoms with Crippen LogP contribution >= 0.6 is 0 Å². The van der Waals surface area contributed by atoms with Crippen LogP contribution in [-0.4, -0.2) is 58.7 Å². The largest absolute Gasteiger partial charge is 0.453 e. The number of methoxy groups -OCH3 is 1. The normalized spacial score (nSPS) is 25.7. The van der Waals surface area contributed by atoms with Gasteiger partial charge < -0.3 is 28.1 Å². The number of hydrogen-bond donors (Lipinski definition) is 0. The number of benzene rings is 4. The van der Waals surface area contributed by atoms with Gasteiger partial charge in [-0.25, -0.2) is 13.6 Å². The fourth-order valence-corrected chi connectivity index (χ4v) is 7.58. The zero-order valence-corrected chi connectivity index (χ0v) is 24.9. The molecule has 4 aromatic carbocycles. The molecular weight excluding hydrogens is 574 g/mol. The molecule has 2 fully saturated rings. The number of rotatable bonds is 7. The second-order valence-corrected chi connectivity index (χ2v) is 14.9. The number of hydrogen-bond acceptors (Lipinski definition) is 7. The fourth-order valence-electron chi connectivity index (χ4n) is 5.56. The van der Waals surface area contributed by atoms with Crippen molar-refractivity contribution >= 4 is 30.2 Å². The van der Waals surface area contributed by atoms with E-state index in [2.05, 4.69) is 0 Å². The summed E-state index contributed by atoms with van der Waals surface area (Å²) in [6, 6.07) is 26.2. The number of carbonyl (C=O) groups excluding carboxylic acids is 1. The summed E-state index contributed by atoms with van der Waals surface area (Å²) in [6.45, 7) is 3.85. The van der Waals surface area contributed by atoms with Crippen molar-refractivity contribution in [3.63, 3.8) is 0 Å². The zero-order valence-electron chi connectivity index (χ0n) is 23.9. The SMILES string of the molecule is CO[C@@H]1O[C@@H]2CO[C@@H](c3ccccc3)O[C@H]2[C@H](OC(=O)c2ccc3ccccc3c2)[C@@H]1O[Si](C)(C)c1ccc(F)c(F)c1. The molecule has 43 heavy (non-hydrogen) atoms. The van der Waals surface area contributed by atoms with Gasteiger partial charge >= 0.3 is 5.97 Å². The summed E-state index contributed by atoms with van der Waals surface area (Å²) in [6.07, 6.45) is -5.06. The van der Waals surface area contributed by atoms with Gasteiger partial charge in [0.1, 0.15) is 18.3 Å². The van der Waals surface area contributed by atoms with E-state index >= 15 is 0 Å². The zero-order chi connectivity index (χ0) is 30.1. The topological polar surface area (TPSA) is 72.5 Å². The molecule has 4 aromatic rings. The van der Waals surface area contributed by atoms with Crippen LogP contribution in [0.2, 0.25) is 13.1 Å². The molecule has 2 aliphatic rings. The van der Waals surface area contributed by atoms with Crippen molar-refractivity contribution in [1.29, 1.82) is 0 Å². The minimum atomic E-state index is -2.97. The first-order valence-corrected chi connectivity index (χ1v) is 17.0. The van der Waals surface area contributed by atoms with Crippen LogP contribution < -0.4 is 5.19 Å². The average Bonchev–Trinajstić information content (AvgIpc) is 3.03. The highest BCUT2D eigenvalue weighted by Crippen LogP contribution is 2.38. The van der Waals surface area contributed by atoms with E-state index in [9.17, 15) is 13.6 Å². The number of carbonyl (C=O) groups is 1. The molecule has 224 valence electrons. The Morgan fingerprint density at radius 2 is 1.58 bits per heavy atom. The molecule has 0 radical (unpaired) electrons. The first-order valence-electron chi connectivity index (χ1n) is 14.1. The first kappa shape index (κ1) is 29.6. The average molecular weight is 607 g/mol. The summed E-state index contributed by atoms with van der Waals surface area (Å²) in [7, 11) is -1.50. The maximum Gasteiger partial charge on any atom is 0.338 e. The van der Waals surface area contributed by atoms with Crippen molar-refractivity contribution in [1.82, 2.24) is 0 Å². The molecule has 2 aliphatic heterocycles. The number of fused-ring (bicyclic) bond motifs is 2. The van der Waals surface area contributed by atoms with Crippen molar-refractivity contribution < 1.29 is 41.7 Å². The Labute approximate surface area is 249 Å². The van der Waals surface area contributed by atoms with Gasteiger partial charge in [0.05, 0.1) is 12.2 Å². The van der Waals surface area contributed by atoms with E-state index in [-0.39, 0.29) is 6.61 Å². The van der Waals surface area contributed by atoms with Gasteiger partial charge in [0.15, 0.2) is 30.3 Å². The molecule has 2 heterocycles. The quantitative estimate of drug-likeness (QED) is 0.200. The van der Waals surface area contributed by atoms with Crippen LogP contribution in [0.4, 0.5) is 8.78 Å². The van der Waals surface area contributed by atoms with E-state index in [4.69, 9.17) is 28.1 Å². The predicted molar refractivity (Wildman–Crippen MR) is 157 cm³/mol. The van der Waals surface area contributed by atoms with E-state index in [1.807, 2.05) is 73.8 Å². The molecule has 0 aromatic heterocycles. The third-order valence-electron chi connectivity index (χ3n) is 7.86. The van der Waals surface area contributed by atoms with Gasteiger partial charge in [-0.15, -0.1) is 0 Å². The van der Waals surface area contributed by atoms with Crippen LogP contribution in [0.1, 0.15) is 22.2 Å². The molecule has 0 unspecified atom stereocenters. The minimum absolute atomic E-state index is 0.158. The van der Waals surface area contributed by atoms with Gasteiger partial charge in [0, 0.05) is 12.7 Å². The van der Waals surface area contributed by atoms with Crippen LogP contribution in [0.25, 0.3) is 10.8 Å². The molecule has 6 atom stereocenters. The van der Waals surface area contributed by atoms with Crippen LogP contribution in [0.3, 0.4) is 0 Å². The molecule has 0 spiro atoms. The summed E-state index contributed by atoms with van der Waals surface area (Å²) in [4.78, 5) is 13.7. The van der Waals surface area contributed by atoms with E-state index < -0.39 is 62.9 Å². The van der Waals surface area contributed by atoms with Gasteiger partial charge in [-0.05, 0) is 53.3 Å². The van der Waals surface area contributed by atoms with Crippen LogP contribution in [0.5, 0.6) is 0 Å². The van der Waals surface area contributed by atoms with Crippen molar-refractivity contribution in [3.8, 4) is 0 Å². The van der Waals surface area contributed by atoms with E-state index in [1.165, 1.54) is 13.2 Å². The van der Waals surface area contributed by atoms with Crippen LogP contribution in [-0.2, 0) is 28.1 Å². The Kier molecular flexibility index (Phi) is 8.41. The Hall–Kier alpha value is -3.51. The standard InChI is InChI=1S/C33H32F2O7Si/c1-37-33-30(42-43(2,3)24-15-16-25(34)26(35)18-24)29(40-31(36)23-14-13-20-9-7-8-12-22(20)17-23)28-27(39-33)19-38-32(41-28)21-10-5-4-6-11-21/h4-18,27-30,32-33H,19H2,1-3H3/t27-,28-,29+,30+,32-,33-/m1/s1. The Balaban J connectivity index is 1.35. The smallest absolute Gasteiger partial charge is 0.338 e. The number of ether oxygens (including phenoxy) is 5. The van der Waals surface area contributed by atoms with Gasteiger partial charge in [-0.2, -0.15) is 0 Å². The maximum absolute atomic E-state index is 14.2. The Bertz CT molecular complexity index is 1600. The lowest BCUT2D eigenvalue weighted by atomic mass is 9.97. The lowest BCUT2D eigenvalue weighted by Crippen LogP contribution is -2.66. The molecule has 0 saturated carbocycles. The third-order valence-corrected chi connectivity index (χ3v) is 10.4. The van der Waals surface area contributed by atoms with Crippen molar-refractivity contribution in [3.05, 3.63) is 114 Å². The minimum Gasteiger partial charge on any atom is -0.453 e. The van der Waals surface area contributed by atoms with Crippen molar-refractivity contribution in [2.24, 2.45) is 0 Å². The second kappa shape index (κ2) is 12.2. The monoisotopic (exact) mass is 606 g/mol. The summed E-state index contributed by atoms with van der Waals surface area (Å²) in [5, 5.41) is 2.39. The number of halogens is 2. The van der Waals surface area contributed by atoms with Gasteiger partial charge in [-0.3, -0.25) is 0 Å². The molecule has 0 aliphatic carbocycles. The predicted octanol–water partition coefficient (Wildman–Crippen LogP) is 5.63. The summed E-state index contributed by atoms with van der Waals surface area (Å²) in [5.41, 5.74) is 1.15. The fraction of sp³-hybridized carbons (Fsp3) is 0.303. The van der Waals surface area contributed by atoms with Gasteiger partial charge in [0.25, 0.3) is 0 Å². The Morgan fingerprint density at radius 3 is 2.33 bits per heavy atom. The van der Waals surface area contributed by atoms with E-state index in [1.54, 1.807) is 12.1 Å². The molecule has 7 nitrogen and oxygen atoms in total. The second-order valence-electron chi connectivity index (χ2n) is 11.1. The van der Waals surface area contributed by atoms with Crippen molar-refractivity contribution in [2.45, 2.75) is 50.1 Å². The van der Waals surface area contributed by atoms with Crippen LogP contribution in [0, 0.1) is 11.6 Å². The number of esters is 1. The van der Waals surface area contributed by atoms with E-state index in [0.717, 1.165) is 28.5 Å². The van der Waals surface area contributed by atoms with Crippen molar-refractivity contribution in [2.75, 3.05) is 13.7 Å². The third kappa shape index (κ3) is 6.12. The summed E-state index contributed by atoms with van der Waals surface area (Å²) < 4.78 is 65.3. The lowest BCUT2D eigenvalue weighted by molar-refractivity contribution is -0.354. The molecule has 0 amide bonds. The lowest BCUT2D eigenvalue weighted by Gasteiger charge is -2.49. The first-order chi connectivity index (χ1) is 20.7. The van der Waals surface area contributed by atoms with E-state index in [0.29, 0.717) is 10.8 Å². The summed E-state index contributed by atoms with van der Waals surface area (Å²) in [5.74, 6) is -2.49. The highest BCUT2D eigenvalue weighted by atomic mass is 28.4. The molecule has 0 bridgehead atoms. The highest BCUT2D eigenvalue weighted by molar-refractivity contribution is 6.84. The Morgan fingerprint density at radius 1 is 0.837 bits per heavy atom. The molecule has 0 N–H and O–H groups in total. The van der Waals surface area contributed by atoms with Gasteiger partial charge in [-0.1, -0.05) is 66.7 Å². The molecule has 6 rings (SSSR count). The van der Waals surface area contributed by atoms with Gasteiger partial charge in [0.2, 0.25) is 8.32 Å². The molecular formula is C33H32F2O7Si.